The Kier molecular flexibility index (Phi) is 5.78. The van der Waals surface area contributed by atoms with Crippen molar-refractivity contribution >= 4 is 16.0 Å². The lowest BCUT2D eigenvalue weighted by Gasteiger charge is -2.10. The molecule has 0 heterocycles. The van der Waals surface area contributed by atoms with E-state index in [1.54, 1.807) is 0 Å². The second kappa shape index (κ2) is 7.11. The lowest BCUT2D eigenvalue weighted by atomic mass is 10.3. The number of sulfonamides is 1. The van der Waals surface area contributed by atoms with Crippen LogP contribution in [0.2, 0.25) is 0 Å². The fourth-order valence-corrected chi connectivity index (χ4v) is 2.60. The van der Waals surface area contributed by atoms with Gasteiger partial charge in [-0.15, -0.1) is 0 Å². The summed E-state index contributed by atoms with van der Waals surface area (Å²) in [5.74, 6) is -0.228. The molecule has 20 heavy (non-hydrogen) atoms. The Morgan fingerprint density at radius 3 is 2.45 bits per heavy atom. The van der Waals surface area contributed by atoms with E-state index in [1.165, 1.54) is 32.4 Å². The van der Waals surface area contributed by atoms with Crippen LogP contribution >= 0.6 is 0 Å². The summed E-state index contributed by atoms with van der Waals surface area (Å²) in [6, 6.07) is 4.23. The SMILES string of the molecule is COc1ccc(S(=O)(=O)NCCCC(=O)O)cc1OC. The first kappa shape index (κ1) is 16.3. The van der Waals surface area contributed by atoms with Crippen LogP contribution in [0, 0.1) is 0 Å². The van der Waals surface area contributed by atoms with E-state index >= 15 is 0 Å². The molecule has 1 aromatic carbocycles. The summed E-state index contributed by atoms with van der Waals surface area (Å²) in [6.45, 7) is 0.0585. The molecule has 0 aliphatic rings. The number of carboxylic acids is 1. The van der Waals surface area contributed by atoms with E-state index in [-0.39, 0.29) is 24.3 Å². The summed E-state index contributed by atoms with van der Waals surface area (Å²) in [5.41, 5.74) is 0. The molecule has 0 saturated heterocycles. The average Bonchev–Trinajstić information content (AvgIpc) is 2.42. The molecule has 0 radical (unpaired) electrons. The number of hydrogen-bond acceptors (Lipinski definition) is 5. The van der Waals surface area contributed by atoms with Crippen molar-refractivity contribution in [3.05, 3.63) is 18.2 Å². The zero-order chi connectivity index (χ0) is 15.2. The normalized spacial score (nSPS) is 11.1. The largest absolute Gasteiger partial charge is 0.493 e. The highest BCUT2D eigenvalue weighted by Crippen LogP contribution is 2.29. The molecule has 8 heteroatoms. The number of aliphatic carboxylic acids is 1. The van der Waals surface area contributed by atoms with E-state index in [4.69, 9.17) is 14.6 Å². The minimum atomic E-state index is -3.69. The van der Waals surface area contributed by atoms with Gasteiger partial charge in [-0.3, -0.25) is 4.79 Å². The lowest BCUT2D eigenvalue weighted by Crippen LogP contribution is -2.25. The van der Waals surface area contributed by atoms with Crippen LogP contribution in [0.25, 0.3) is 0 Å². The molecule has 0 aliphatic heterocycles. The van der Waals surface area contributed by atoms with Gasteiger partial charge in [0.2, 0.25) is 10.0 Å². The van der Waals surface area contributed by atoms with E-state index in [0.717, 1.165) is 0 Å². The Morgan fingerprint density at radius 2 is 1.90 bits per heavy atom. The first-order valence-electron chi connectivity index (χ1n) is 5.84. The maximum absolute atomic E-state index is 12.0. The molecule has 0 amide bonds. The minimum Gasteiger partial charge on any atom is -0.493 e. The molecular weight excluding hydrogens is 286 g/mol. The third-order valence-electron chi connectivity index (χ3n) is 2.52. The van der Waals surface area contributed by atoms with Crippen LogP contribution in [0.4, 0.5) is 0 Å². The van der Waals surface area contributed by atoms with Gasteiger partial charge in [0.1, 0.15) is 0 Å². The highest BCUT2D eigenvalue weighted by molar-refractivity contribution is 7.89. The fraction of sp³-hybridized carbons (Fsp3) is 0.417. The highest BCUT2D eigenvalue weighted by atomic mass is 32.2. The van der Waals surface area contributed by atoms with Crippen LogP contribution in [0.5, 0.6) is 11.5 Å². The van der Waals surface area contributed by atoms with Crippen molar-refractivity contribution in [3.63, 3.8) is 0 Å². The van der Waals surface area contributed by atoms with Crippen molar-refractivity contribution in [2.24, 2.45) is 0 Å². The molecule has 1 rings (SSSR count). The molecule has 0 unspecified atom stereocenters. The second-order valence-corrected chi connectivity index (χ2v) is 5.68. The van der Waals surface area contributed by atoms with Crippen molar-refractivity contribution in [3.8, 4) is 11.5 Å². The van der Waals surface area contributed by atoms with Crippen LogP contribution in [0.3, 0.4) is 0 Å². The van der Waals surface area contributed by atoms with Crippen LogP contribution in [0.15, 0.2) is 23.1 Å². The van der Waals surface area contributed by atoms with Crippen molar-refractivity contribution in [1.29, 1.82) is 0 Å². The zero-order valence-electron chi connectivity index (χ0n) is 11.3. The molecule has 7 nitrogen and oxygen atoms in total. The predicted octanol–water partition coefficient (Wildman–Crippen LogP) is 0.847. The Balaban J connectivity index is 2.79. The van der Waals surface area contributed by atoms with E-state index in [0.29, 0.717) is 11.5 Å². The minimum absolute atomic E-state index is 0.0328. The Labute approximate surface area is 117 Å². The summed E-state index contributed by atoms with van der Waals surface area (Å²) >= 11 is 0. The molecule has 0 atom stereocenters. The van der Waals surface area contributed by atoms with E-state index < -0.39 is 16.0 Å². The number of carbonyl (C=O) groups is 1. The Bertz CT molecular complexity index is 569. The molecule has 0 aliphatic carbocycles. The quantitative estimate of drug-likeness (QED) is 0.690. The number of benzene rings is 1. The molecule has 2 N–H and O–H groups in total. The maximum Gasteiger partial charge on any atom is 0.303 e. The van der Waals surface area contributed by atoms with Crippen molar-refractivity contribution in [2.75, 3.05) is 20.8 Å². The molecule has 112 valence electrons. The molecule has 0 fully saturated rings. The van der Waals surface area contributed by atoms with Gasteiger partial charge in [-0.25, -0.2) is 13.1 Å². The van der Waals surface area contributed by atoms with Crippen LogP contribution in [-0.2, 0) is 14.8 Å². The number of hydrogen-bond donors (Lipinski definition) is 2. The van der Waals surface area contributed by atoms with Crippen molar-refractivity contribution in [2.45, 2.75) is 17.7 Å². The molecule has 1 aromatic rings. The molecule has 0 aromatic heterocycles. The number of rotatable bonds is 8. The van der Waals surface area contributed by atoms with Gasteiger partial charge in [0.05, 0.1) is 19.1 Å². The number of nitrogens with one attached hydrogen (secondary N) is 1. The Morgan fingerprint density at radius 1 is 1.25 bits per heavy atom. The van der Waals surface area contributed by atoms with Gasteiger partial charge in [0, 0.05) is 19.0 Å². The van der Waals surface area contributed by atoms with Crippen LogP contribution in [0.1, 0.15) is 12.8 Å². The molecule has 0 saturated carbocycles. The summed E-state index contributed by atoms with van der Waals surface area (Å²) in [4.78, 5) is 10.4. The molecule has 0 bridgehead atoms. The first-order chi connectivity index (χ1) is 9.40. The lowest BCUT2D eigenvalue weighted by molar-refractivity contribution is -0.137. The zero-order valence-corrected chi connectivity index (χ0v) is 12.1. The van der Waals surface area contributed by atoms with Gasteiger partial charge >= 0.3 is 5.97 Å². The van der Waals surface area contributed by atoms with Crippen LogP contribution in [-0.4, -0.2) is 40.3 Å². The van der Waals surface area contributed by atoms with E-state index in [9.17, 15) is 13.2 Å². The smallest absolute Gasteiger partial charge is 0.303 e. The van der Waals surface area contributed by atoms with E-state index in [1.807, 2.05) is 0 Å². The van der Waals surface area contributed by atoms with Gasteiger partial charge < -0.3 is 14.6 Å². The second-order valence-electron chi connectivity index (χ2n) is 3.91. The van der Waals surface area contributed by atoms with Crippen molar-refractivity contribution < 1.29 is 27.8 Å². The average molecular weight is 303 g/mol. The highest BCUT2D eigenvalue weighted by Gasteiger charge is 2.16. The van der Waals surface area contributed by atoms with Crippen molar-refractivity contribution in [1.82, 2.24) is 4.72 Å². The monoisotopic (exact) mass is 303 g/mol. The summed E-state index contributed by atoms with van der Waals surface area (Å²) in [7, 11) is -0.828. The Hall–Kier alpha value is -1.80. The van der Waals surface area contributed by atoms with Gasteiger partial charge in [-0.1, -0.05) is 0 Å². The fourth-order valence-electron chi connectivity index (χ4n) is 1.51. The van der Waals surface area contributed by atoms with Crippen LogP contribution < -0.4 is 14.2 Å². The summed E-state index contributed by atoms with van der Waals surface area (Å²) in [6.07, 6.45) is 0.135. The van der Waals surface area contributed by atoms with Gasteiger partial charge in [-0.2, -0.15) is 0 Å². The summed E-state index contributed by atoms with van der Waals surface area (Å²) < 4.78 is 36.4. The number of ether oxygens (including phenoxy) is 2. The molecule has 0 spiro atoms. The third-order valence-corrected chi connectivity index (χ3v) is 3.98. The standard InChI is InChI=1S/C12H17NO6S/c1-18-10-6-5-9(8-11(10)19-2)20(16,17)13-7-3-4-12(14)15/h5-6,8,13H,3-4,7H2,1-2H3,(H,14,15). The molecular formula is C12H17NO6S. The van der Waals surface area contributed by atoms with Gasteiger partial charge in [0.15, 0.2) is 11.5 Å². The topological polar surface area (TPSA) is 102 Å². The number of carboxylic acid groups (broad SMARTS) is 1. The first-order valence-corrected chi connectivity index (χ1v) is 7.32. The predicted molar refractivity (Wildman–Crippen MR) is 71.6 cm³/mol. The van der Waals surface area contributed by atoms with E-state index in [2.05, 4.69) is 4.72 Å². The third kappa shape index (κ3) is 4.39. The number of methoxy groups -OCH3 is 2. The summed E-state index contributed by atoms with van der Waals surface area (Å²) in [5, 5.41) is 8.48. The van der Waals surface area contributed by atoms with Gasteiger partial charge in [0.25, 0.3) is 0 Å². The maximum atomic E-state index is 12.0. The van der Waals surface area contributed by atoms with Gasteiger partial charge in [-0.05, 0) is 18.6 Å².